The summed E-state index contributed by atoms with van der Waals surface area (Å²) in [5.41, 5.74) is 1.50. The van der Waals surface area contributed by atoms with E-state index in [1.165, 1.54) is 6.07 Å². The number of halogens is 1. The highest BCUT2D eigenvalue weighted by molar-refractivity contribution is 5.96. The van der Waals surface area contributed by atoms with Gasteiger partial charge in [-0.25, -0.2) is 14.1 Å². The van der Waals surface area contributed by atoms with Crippen molar-refractivity contribution in [2.45, 2.75) is 19.0 Å². The fraction of sp³-hybridized carbons (Fsp3) is 0.261. The molecule has 0 aliphatic carbocycles. The summed E-state index contributed by atoms with van der Waals surface area (Å²) in [6, 6.07) is 10.4. The molecule has 2 aromatic heterocycles. The average molecular weight is 418 g/mol. The molecule has 0 saturated carbocycles. The summed E-state index contributed by atoms with van der Waals surface area (Å²) in [7, 11) is 0. The predicted molar refractivity (Wildman–Crippen MR) is 116 cm³/mol. The first-order valence-corrected chi connectivity index (χ1v) is 10.4. The molecule has 0 radical (unpaired) electrons. The van der Waals surface area contributed by atoms with Gasteiger partial charge in [0.15, 0.2) is 5.78 Å². The van der Waals surface area contributed by atoms with Gasteiger partial charge < -0.3 is 16.0 Å². The summed E-state index contributed by atoms with van der Waals surface area (Å²) in [6.07, 6.45) is 8.44. The van der Waals surface area contributed by atoms with E-state index in [-0.39, 0.29) is 23.7 Å². The van der Waals surface area contributed by atoms with Gasteiger partial charge in [-0.3, -0.25) is 4.79 Å². The molecule has 4 heterocycles. The maximum Gasteiger partial charge on any atom is 0.184 e. The predicted octanol–water partition coefficient (Wildman–Crippen LogP) is 1.15. The quantitative estimate of drug-likeness (QED) is 0.539. The van der Waals surface area contributed by atoms with Crippen LogP contribution in [0.5, 0.6) is 0 Å². The molecule has 1 saturated heterocycles. The Hall–Kier alpha value is -3.52. The van der Waals surface area contributed by atoms with Crippen LogP contribution in [0.15, 0.2) is 48.8 Å². The number of pyridine rings is 1. The number of carbonyl (C=O) groups is 1. The lowest BCUT2D eigenvalue weighted by Crippen LogP contribution is -2.44. The number of carbonyl (C=O) groups excluding carboxylic acids is 1. The number of fused-ring (bicyclic) bond motifs is 1. The highest BCUT2D eigenvalue weighted by atomic mass is 19.1. The van der Waals surface area contributed by atoms with Crippen LogP contribution in [0.25, 0.3) is 18.0 Å². The minimum absolute atomic E-state index is 0.0221. The van der Waals surface area contributed by atoms with Gasteiger partial charge in [0.2, 0.25) is 0 Å². The van der Waals surface area contributed by atoms with Crippen molar-refractivity contribution in [1.82, 2.24) is 25.4 Å². The Morgan fingerprint density at radius 2 is 2.06 bits per heavy atom. The zero-order chi connectivity index (χ0) is 21.2. The van der Waals surface area contributed by atoms with E-state index in [4.69, 9.17) is 0 Å². The SMILES string of the molecule is O=C(c1ccc2c(n1)=CC(Nc1ccc(-n3cccn3)cc1F)NC=2)C1CCNCC1. The maximum absolute atomic E-state index is 14.6. The number of anilines is 1. The first-order chi connectivity index (χ1) is 15.2. The molecule has 0 amide bonds. The Balaban J connectivity index is 1.36. The second-order valence-corrected chi connectivity index (χ2v) is 7.77. The zero-order valence-electron chi connectivity index (χ0n) is 16.9. The fourth-order valence-corrected chi connectivity index (χ4v) is 3.99. The highest BCUT2D eigenvalue weighted by Crippen LogP contribution is 2.19. The van der Waals surface area contributed by atoms with E-state index in [2.05, 4.69) is 26.0 Å². The lowest BCUT2D eigenvalue weighted by Gasteiger charge is -2.22. The zero-order valence-corrected chi connectivity index (χ0v) is 16.9. The summed E-state index contributed by atoms with van der Waals surface area (Å²) in [6.45, 7) is 1.73. The van der Waals surface area contributed by atoms with Crippen LogP contribution in [-0.2, 0) is 0 Å². The summed E-state index contributed by atoms with van der Waals surface area (Å²) < 4.78 is 16.3. The standard InChI is InChI=1S/C23H23FN6O/c24-18-12-17(30-11-1-8-27-30)3-5-19(18)29-22-13-21-16(14-26-22)2-4-20(28-21)23(31)15-6-9-25-10-7-15/h1-5,8,11-15,22,25-26,29H,6-7,9-10H2. The highest BCUT2D eigenvalue weighted by Gasteiger charge is 2.23. The molecular formula is C23H23FN6O. The minimum Gasteiger partial charge on any atom is -0.367 e. The van der Waals surface area contributed by atoms with Crippen molar-refractivity contribution in [3.05, 3.63) is 70.9 Å². The molecule has 3 aromatic rings. The van der Waals surface area contributed by atoms with Crippen LogP contribution >= 0.6 is 0 Å². The Bertz CT molecular complexity index is 1220. The summed E-state index contributed by atoms with van der Waals surface area (Å²) in [4.78, 5) is 17.4. The van der Waals surface area contributed by atoms with Gasteiger partial charge >= 0.3 is 0 Å². The van der Waals surface area contributed by atoms with Crippen LogP contribution in [0.3, 0.4) is 0 Å². The summed E-state index contributed by atoms with van der Waals surface area (Å²) >= 11 is 0. The molecule has 31 heavy (non-hydrogen) atoms. The van der Waals surface area contributed by atoms with Crippen LogP contribution in [0.4, 0.5) is 10.1 Å². The third kappa shape index (κ3) is 4.06. The van der Waals surface area contributed by atoms with Crippen molar-refractivity contribution in [3.63, 3.8) is 0 Å². The van der Waals surface area contributed by atoms with E-state index in [9.17, 15) is 9.18 Å². The first kappa shape index (κ1) is 19.4. The summed E-state index contributed by atoms with van der Waals surface area (Å²) in [5.74, 6) is -0.258. The molecule has 1 fully saturated rings. The number of aromatic nitrogens is 3. The number of hydrogen-bond donors (Lipinski definition) is 3. The number of ketones is 1. The van der Waals surface area contributed by atoms with E-state index < -0.39 is 0 Å². The van der Waals surface area contributed by atoms with E-state index in [1.54, 1.807) is 41.3 Å². The molecule has 0 spiro atoms. The van der Waals surface area contributed by atoms with Crippen molar-refractivity contribution in [3.8, 4) is 5.69 Å². The molecule has 8 heteroatoms. The van der Waals surface area contributed by atoms with Crippen molar-refractivity contribution < 1.29 is 9.18 Å². The summed E-state index contributed by atoms with van der Waals surface area (Å²) in [5, 5.41) is 15.3. The van der Waals surface area contributed by atoms with Gasteiger partial charge in [-0.05, 0) is 62.3 Å². The van der Waals surface area contributed by atoms with E-state index in [0.29, 0.717) is 22.4 Å². The van der Waals surface area contributed by atoms with Gasteiger partial charge in [0, 0.05) is 35.8 Å². The maximum atomic E-state index is 14.6. The molecule has 1 unspecified atom stereocenters. The Morgan fingerprint density at radius 1 is 1.19 bits per heavy atom. The minimum atomic E-state index is -0.378. The first-order valence-electron chi connectivity index (χ1n) is 10.4. The number of rotatable bonds is 5. The second kappa shape index (κ2) is 8.31. The molecule has 5 rings (SSSR count). The lowest BCUT2D eigenvalue weighted by molar-refractivity contribution is 0.0889. The van der Waals surface area contributed by atoms with Gasteiger partial charge in [0.05, 0.1) is 16.7 Å². The number of Topliss-reactive ketones (excluding diaryl/α,β-unsaturated/α-hetero) is 1. The third-order valence-corrected chi connectivity index (χ3v) is 5.70. The van der Waals surface area contributed by atoms with Crippen molar-refractivity contribution in [2.75, 3.05) is 18.4 Å². The van der Waals surface area contributed by atoms with Crippen LogP contribution < -0.4 is 26.5 Å². The third-order valence-electron chi connectivity index (χ3n) is 5.70. The molecule has 0 bridgehead atoms. The topological polar surface area (TPSA) is 83.9 Å². The van der Waals surface area contributed by atoms with Crippen LogP contribution in [0.2, 0.25) is 0 Å². The molecule has 2 aliphatic rings. The van der Waals surface area contributed by atoms with Crippen LogP contribution in [0, 0.1) is 11.7 Å². The number of hydrogen-bond acceptors (Lipinski definition) is 6. The normalized spacial score (nSPS) is 18.3. The Morgan fingerprint density at radius 3 is 2.84 bits per heavy atom. The van der Waals surface area contributed by atoms with E-state index in [0.717, 1.165) is 31.1 Å². The average Bonchev–Trinajstić information content (AvgIpc) is 3.35. The Labute approximate surface area is 178 Å². The number of benzene rings is 1. The van der Waals surface area contributed by atoms with Crippen molar-refractivity contribution in [2.24, 2.45) is 5.92 Å². The molecule has 158 valence electrons. The second-order valence-electron chi connectivity index (χ2n) is 7.77. The largest absolute Gasteiger partial charge is 0.367 e. The lowest BCUT2D eigenvalue weighted by atomic mass is 9.91. The van der Waals surface area contributed by atoms with Gasteiger partial charge in [-0.2, -0.15) is 5.10 Å². The molecular weight excluding hydrogens is 395 g/mol. The molecule has 7 nitrogen and oxygen atoms in total. The van der Waals surface area contributed by atoms with E-state index in [1.807, 2.05) is 18.3 Å². The molecule has 1 atom stereocenters. The fourth-order valence-electron chi connectivity index (χ4n) is 3.99. The number of nitrogens with one attached hydrogen (secondary N) is 3. The Kier molecular flexibility index (Phi) is 5.21. The monoisotopic (exact) mass is 418 g/mol. The molecule has 3 N–H and O–H groups in total. The van der Waals surface area contributed by atoms with Gasteiger partial charge in [-0.15, -0.1) is 0 Å². The number of nitrogens with zero attached hydrogens (tertiary/aromatic N) is 3. The van der Waals surface area contributed by atoms with Gasteiger partial charge in [0.1, 0.15) is 17.7 Å². The van der Waals surface area contributed by atoms with E-state index >= 15 is 0 Å². The smallest absolute Gasteiger partial charge is 0.184 e. The van der Waals surface area contributed by atoms with Crippen molar-refractivity contribution >= 4 is 23.7 Å². The van der Waals surface area contributed by atoms with Gasteiger partial charge in [0.25, 0.3) is 0 Å². The van der Waals surface area contributed by atoms with Gasteiger partial charge in [-0.1, -0.05) is 0 Å². The van der Waals surface area contributed by atoms with Crippen LogP contribution in [0.1, 0.15) is 23.3 Å². The molecule has 1 aromatic carbocycles. The molecule has 2 aliphatic heterocycles. The number of piperidine rings is 1. The van der Waals surface area contributed by atoms with Crippen LogP contribution in [-0.4, -0.2) is 39.8 Å². The van der Waals surface area contributed by atoms with Crippen molar-refractivity contribution in [1.29, 1.82) is 0 Å².